The largest absolute Gasteiger partial charge is 0.480 e. The molecule has 0 saturated heterocycles. The number of hydrogen-bond acceptors (Lipinski definition) is 4. The lowest BCUT2D eigenvalue weighted by atomic mass is 9.97. The Labute approximate surface area is 126 Å². The van der Waals surface area contributed by atoms with Gasteiger partial charge in [0.05, 0.1) is 5.54 Å². The van der Waals surface area contributed by atoms with Crippen molar-refractivity contribution in [1.29, 1.82) is 0 Å². The van der Waals surface area contributed by atoms with Crippen LogP contribution in [0.2, 0.25) is 0 Å². The minimum Gasteiger partial charge on any atom is -0.480 e. The summed E-state index contributed by atoms with van der Waals surface area (Å²) in [6.45, 7) is 10.3. The van der Waals surface area contributed by atoms with Crippen LogP contribution in [0, 0.1) is 0 Å². The number of rotatable bonds is 8. The first-order valence-corrected chi connectivity index (χ1v) is 6.94. The maximum Gasteiger partial charge on any atom is 0.322 e. The van der Waals surface area contributed by atoms with Crippen LogP contribution in [0.3, 0.4) is 0 Å². The fraction of sp³-hybridized carbons (Fsp3) is 0.643. The summed E-state index contributed by atoms with van der Waals surface area (Å²) in [7, 11) is 0. The molecule has 0 aromatic carbocycles. The Hall–Kier alpha value is -1.89. The summed E-state index contributed by atoms with van der Waals surface area (Å²) in [5.41, 5.74) is 4.64. The standard InChI is InChI=1S/C12H21N3O4.C2H6/c1-4-6-12(3,13)11(19)15-8(5-2)10(18)14-7-9(16)17;1-2/h4,8H,1,5-7,13H2,2-3H3,(H,14,18)(H,15,19)(H,16,17);1-2H3/t8-,12+;/m0./s1. The maximum absolute atomic E-state index is 11.9. The summed E-state index contributed by atoms with van der Waals surface area (Å²) in [6.07, 6.45) is 2.12. The first kappa shape index (κ1) is 21.4. The van der Waals surface area contributed by atoms with Crippen molar-refractivity contribution >= 4 is 17.8 Å². The minimum absolute atomic E-state index is 0.270. The van der Waals surface area contributed by atoms with E-state index in [0.29, 0.717) is 6.42 Å². The van der Waals surface area contributed by atoms with E-state index in [-0.39, 0.29) is 6.42 Å². The molecule has 0 aliphatic rings. The number of hydrogen-bond donors (Lipinski definition) is 4. The molecule has 0 radical (unpaired) electrons. The zero-order valence-corrected chi connectivity index (χ0v) is 13.2. The van der Waals surface area contributed by atoms with Gasteiger partial charge in [-0.1, -0.05) is 26.8 Å². The van der Waals surface area contributed by atoms with Gasteiger partial charge in [-0.3, -0.25) is 14.4 Å². The molecule has 0 fully saturated rings. The molecular weight excluding hydrogens is 274 g/mol. The van der Waals surface area contributed by atoms with E-state index in [1.165, 1.54) is 13.0 Å². The van der Waals surface area contributed by atoms with Crippen LogP contribution in [-0.4, -0.2) is 41.0 Å². The lowest BCUT2D eigenvalue weighted by molar-refractivity contribution is -0.138. The van der Waals surface area contributed by atoms with E-state index in [1.54, 1.807) is 6.92 Å². The zero-order chi connectivity index (χ0) is 17.1. The van der Waals surface area contributed by atoms with E-state index in [1.807, 2.05) is 13.8 Å². The lowest BCUT2D eigenvalue weighted by Crippen LogP contribution is -2.57. The molecule has 0 rings (SSSR count). The van der Waals surface area contributed by atoms with Crippen molar-refractivity contribution in [3.63, 3.8) is 0 Å². The van der Waals surface area contributed by atoms with Gasteiger partial charge in [0.15, 0.2) is 0 Å². The summed E-state index contributed by atoms with van der Waals surface area (Å²) in [4.78, 5) is 33.9. The van der Waals surface area contributed by atoms with Crippen molar-refractivity contribution in [1.82, 2.24) is 10.6 Å². The van der Waals surface area contributed by atoms with Gasteiger partial charge < -0.3 is 21.5 Å². The van der Waals surface area contributed by atoms with Crippen LogP contribution >= 0.6 is 0 Å². The molecule has 2 amide bonds. The minimum atomic E-state index is -1.15. The number of carboxylic acid groups (broad SMARTS) is 1. The quantitative estimate of drug-likeness (QED) is 0.483. The highest BCUT2D eigenvalue weighted by Gasteiger charge is 2.30. The third-order valence-corrected chi connectivity index (χ3v) is 2.53. The Morgan fingerprint density at radius 2 is 1.90 bits per heavy atom. The van der Waals surface area contributed by atoms with Gasteiger partial charge in [0.25, 0.3) is 0 Å². The molecule has 0 aliphatic heterocycles. The van der Waals surface area contributed by atoms with Crippen LogP contribution in [0.25, 0.3) is 0 Å². The Kier molecular flexibility index (Phi) is 11.1. The summed E-state index contributed by atoms with van der Waals surface area (Å²) in [5, 5.41) is 13.2. The summed E-state index contributed by atoms with van der Waals surface area (Å²) in [5.74, 6) is -2.18. The monoisotopic (exact) mass is 301 g/mol. The number of carboxylic acids is 1. The smallest absolute Gasteiger partial charge is 0.322 e. The first-order valence-electron chi connectivity index (χ1n) is 6.94. The van der Waals surface area contributed by atoms with Crippen LogP contribution in [0.15, 0.2) is 12.7 Å². The molecule has 2 atom stereocenters. The van der Waals surface area contributed by atoms with E-state index in [0.717, 1.165) is 0 Å². The molecule has 7 heteroatoms. The van der Waals surface area contributed by atoms with Crippen molar-refractivity contribution in [3.05, 3.63) is 12.7 Å². The van der Waals surface area contributed by atoms with Crippen LogP contribution in [0.1, 0.15) is 40.5 Å². The molecule has 0 aromatic heterocycles. The Morgan fingerprint density at radius 1 is 1.38 bits per heavy atom. The van der Waals surface area contributed by atoms with Crippen molar-refractivity contribution < 1.29 is 19.5 Å². The van der Waals surface area contributed by atoms with Gasteiger partial charge in [0.2, 0.25) is 11.8 Å². The van der Waals surface area contributed by atoms with Crippen LogP contribution < -0.4 is 16.4 Å². The third-order valence-electron chi connectivity index (χ3n) is 2.53. The number of nitrogens with two attached hydrogens (primary N) is 1. The van der Waals surface area contributed by atoms with Crippen LogP contribution in [0.4, 0.5) is 0 Å². The van der Waals surface area contributed by atoms with Gasteiger partial charge in [0, 0.05) is 0 Å². The molecule has 21 heavy (non-hydrogen) atoms. The maximum atomic E-state index is 11.9. The van der Waals surface area contributed by atoms with Gasteiger partial charge in [-0.25, -0.2) is 0 Å². The van der Waals surface area contributed by atoms with Crippen LogP contribution in [0.5, 0.6) is 0 Å². The van der Waals surface area contributed by atoms with E-state index in [4.69, 9.17) is 10.8 Å². The van der Waals surface area contributed by atoms with Crippen molar-refractivity contribution in [2.24, 2.45) is 5.73 Å². The second kappa shape index (κ2) is 10.8. The molecule has 0 aromatic rings. The summed E-state index contributed by atoms with van der Waals surface area (Å²) < 4.78 is 0. The SMILES string of the molecule is C=CC[C@@](C)(N)C(=O)N[C@@H](CC)C(=O)NCC(=O)O.CC. The van der Waals surface area contributed by atoms with E-state index in [9.17, 15) is 14.4 Å². The van der Waals surface area contributed by atoms with Gasteiger partial charge in [0.1, 0.15) is 12.6 Å². The molecule has 0 heterocycles. The molecule has 0 spiro atoms. The number of carbonyl (C=O) groups excluding carboxylic acids is 2. The summed E-state index contributed by atoms with van der Waals surface area (Å²) in [6, 6.07) is -0.806. The third kappa shape index (κ3) is 8.80. The lowest BCUT2D eigenvalue weighted by Gasteiger charge is -2.25. The normalized spacial score (nSPS) is 13.8. The Bertz CT molecular complexity index is 367. The number of amides is 2. The molecule has 5 N–H and O–H groups in total. The van der Waals surface area contributed by atoms with Gasteiger partial charge >= 0.3 is 5.97 Å². The fourth-order valence-electron chi connectivity index (χ4n) is 1.35. The number of nitrogens with one attached hydrogen (secondary N) is 2. The second-order valence-electron chi connectivity index (χ2n) is 4.46. The molecule has 122 valence electrons. The fourth-order valence-corrected chi connectivity index (χ4v) is 1.35. The predicted octanol–water partition coefficient (Wildman–Crippen LogP) is 0.402. The molecule has 0 unspecified atom stereocenters. The van der Waals surface area contributed by atoms with E-state index in [2.05, 4.69) is 17.2 Å². The highest BCUT2D eigenvalue weighted by molar-refractivity contribution is 5.92. The predicted molar refractivity (Wildman–Crippen MR) is 81.6 cm³/mol. The van der Waals surface area contributed by atoms with Crippen molar-refractivity contribution in [2.75, 3.05) is 6.54 Å². The summed E-state index contributed by atoms with van der Waals surface area (Å²) >= 11 is 0. The highest BCUT2D eigenvalue weighted by atomic mass is 16.4. The molecule has 0 aliphatic carbocycles. The van der Waals surface area contributed by atoms with Crippen LogP contribution in [-0.2, 0) is 14.4 Å². The topological polar surface area (TPSA) is 122 Å². The Balaban J connectivity index is 0. The van der Waals surface area contributed by atoms with Gasteiger partial charge in [-0.05, 0) is 19.8 Å². The first-order chi connectivity index (χ1) is 9.74. The molecule has 0 saturated carbocycles. The van der Waals surface area contributed by atoms with Gasteiger partial charge in [-0.2, -0.15) is 0 Å². The van der Waals surface area contributed by atoms with Gasteiger partial charge in [-0.15, -0.1) is 6.58 Å². The molecular formula is C14H27N3O4. The van der Waals surface area contributed by atoms with Crippen molar-refractivity contribution in [2.45, 2.75) is 52.1 Å². The average molecular weight is 301 g/mol. The zero-order valence-electron chi connectivity index (χ0n) is 13.2. The molecule has 7 nitrogen and oxygen atoms in total. The molecule has 0 bridgehead atoms. The average Bonchev–Trinajstić information content (AvgIpc) is 2.43. The van der Waals surface area contributed by atoms with Crippen molar-refractivity contribution in [3.8, 4) is 0 Å². The van der Waals surface area contributed by atoms with E-state index >= 15 is 0 Å². The second-order valence-corrected chi connectivity index (χ2v) is 4.46. The highest BCUT2D eigenvalue weighted by Crippen LogP contribution is 2.07. The number of carbonyl (C=O) groups is 3. The van der Waals surface area contributed by atoms with E-state index < -0.39 is 35.9 Å². The number of aliphatic carboxylic acids is 1. The Morgan fingerprint density at radius 3 is 2.29 bits per heavy atom.